The van der Waals surface area contributed by atoms with Crippen molar-refractivity contribution in [1.29, 1.82) is 0 Å². The van der Waals surface area contributed by atoms with E-state index >= 15 is 0 Å². The van der Waals surface area contributed by atoms with Crippen molar-refractivity contribution in [3.05, 3.63) is 17.0 Å². The largest absolute Gasteiger partial charge is 0.389 e. The Bertz CT molecular complexity index is 396. The topological polar surface area (TPSA) is 38.0 Å². The van der Waals surface area contributed by atoms with E-state index in [1.54, 1.807) is 0 Å². The molecule has 0 aliphatic rings. The van der Waals surface area contributed by atoms with Gasteiger partial charge in [0.2, 0.25) is 0 Å². The second kappa shape index (κ2) is 9.99. The van der Waals surface area contributed by atoms with E-state index in [1.807, 2.05) is 6.92 Å². The number of hydrogen-bond donors (Lipinski definition) is 1. The van der Waals surface area contributed by atoms with E-state index in [4.69, 9.17) is 5.10 Å². The molecule has 1 rings (SSSR count). The maximum Gasteiger partial charge on any atom is 0.0798 e. The van der Waals surface area contributed by atoms with E-state index in [2.05, 4.69) is 25.5 Å². The SMILES string of the molecule is CCCCCCCCCn1nc(CC)c(C(C)O)c1CC. The highest BCUT2D eigenvalue weighted by Gasteiger charge is 2.18. The van der Waals surface area contributed by atoms with E-state index < -0.39 is 6.10 Å². The minimum Gasteiger partial charge on any atom is -0.389 e. The maximum atomic E-state index is 10.00. The van der Waals surface area contributed by atoms with Gasteiger partial charge in [-0.2, -0.15) is 5.10 Å². The molecule has 1 aromatic heterocycles. The Morgan fingerprint density at radius 2 is 1.57 bits per heavy atom. The van der Waals surface area contributed by atoms with Crippen molar-refractivity contribution in [1.82, 2.24) is 9.78 Å². The van der Waals surface area contributed by atoms with Gasteiger partial charge < -0.3 is 5.11 Å². The van der Waals surface area contributed by atoms with Crippen LogP contribution in [0.2, 0.25) is 0 Å². The van der Waals surface area contributed by atoms with Crippen LogP contribution in [0.25, 0.3) is 0 Å². The molecule has 0 fully saturated rings. The third-order valence-electron chi connectivity index (χ3n) is 4.24. The van der Waals surface area contributed by atoms with Gasteiger partial charge in [0.05, 0.1) is 11.8 Å². The molecule has 0 saturated carbocycles. The molecule has 0 aliphatic heterocycles. The number of nitrogens with zero attached hydrogens (tertiary/aromatic N) is 2. The molecule has 3 heteroatoms. The summed E-state index contributed by atoms with van der Waals surface area (Å²) < 4.78 is 2.15. The van der Waals surface area contributed by atoms with Gasteiger partial charge in [-0.05, 0) is 26.2 Å². The van der Waals surface area contributed by atoms with Crippen LogP contribution in [0.5, 0.6) is 0 Å². The molecule has 3 nitrogen and oxygen atoms in total. The van der Waals surface area contributed by atoms with Crippen molar-refractivity contribution < 1.29 is 5.11 Å². The Balaban J connectivity index is 2.51. The van der Waals surface area contributed by atoms with Gasteiger partial charge in [0.15, 0.2) is 0 Å². The van der Waals surface area contributed by atoms with Crippen LogP contribution in [0, 0.1) is 0 Å². The molecule has 0 bridgehead atoms. The van der Waals surface area contributed by atoms with Crippen molar-refractivity contribution in [3.8, 4) is 0 Å². The summed E-state index contributed by atoms with van der Waals surface area (Å²) in [6, 6.07) is 0. The highest BCUT2D eigenvalue weighted by Crippen LogP contribution is 2.24. The molecule has 21 heavy (non-hydrogen) atoms. The fraction of sp³-hybridized carbons (Fsp3) is 0.833. The lowest BCUT2D eigenvalue weighted by atomic mass is 10.0. The van der Waals surface area contributed by atoms with Crippen molar-refractivity contribution >= 4 is 0 Å². The Morgan fingerprint density at radius 3 is 2.10 bits per heavy atom. The summed E-state index contributed by atoms with van der Waals surface area (Å²) >= 11 is 0. The van der Waals surface area contributed by atoms with Crippen LogP contribution in [0.15, 0.2) is 0 Å². The molecule has 0 aliphatic carbocycles. The lowest BCUT2D eigenvalue weighted by Crippen LogP contribution is -2.06. The van der Waals surface area contributed by atoms with Gasteiger partial charge in [-0.1, -0.05) is 59.3 Å². The lowest BCUT2D eigenvalue weighted by molar-refractivity contribution is 0.197. The number of rotatable bonds is 11. The fourth-order valence-corrected chi connectivity index (χ4v) is 3.09. The zero-order chi connectivity index (χ0) is 15.7. The summed E-state index contributed by atoms with van der Waals surface area (Å²) in [4.78, 5) is 0. The monoisotopic (exact) mass is 294 g/mol. The lowest BCUT2D eigenvalue weighted by Gasteiger charge is -2.09. The van der Waals surface area contributed by atoms with Crippen molar-refractivity contribution in [2.24, 2.45) is 0 Å². The quantitative estimate of drug-likeness (QED) is 0.595. The molecular formula is C18H34N2O. The van der Waals surface area contributed by atoms with E-state index in [0.717, 1.165) is 30.6 Å². The number of aliphatic hydroxyl groups excluding tert-OH is 1. The zero-order valence-electron chi connectivity index (χ0n) is 14.5. The second-order valence-corrected chi connectivity index (χ2v) is 6.03. The van der Waals surface area contributed by atoms with Gasteiger partial charge in [0.25, 0.3) is 0 Å². The first kappa shape index (κ1) is 18.2. The number of unbranched alkanes of at least 4 members (excludes halogenated alkanes) is 6. The standard InChI is InChI=1S/C18H34N2O/c1-5-8-9-10-11-12-13-14-20-17(7-3)18(15(4)21)16(6-2)19-20/h15,21H,5-14H2,1-4H3. The second-order valence-electron chi connectivity index (χ2n) is 6.03. The summed E-state index contributed by atoms with van der Waals surface area (Å²) in [6.07, 6.45) is 10.7. The summed E-state index contributed by atoms with van der Waals surface area (Å²) in [5, 5.41) is 14.7. The smallest absolute Gasteiger partial charge is 0.0798 e. The van der Waals surface area contributed by atoms with Crippen LogP contribution in [0.3, 0.4) is 0 Å². The Labute approximate surface area is 130 Å². The van der Waals surface area contributed by atoms with E-state index in [-0.39, 0.29) is 0 Å². The van der Waals surface area contributed by atoms with E-state index in [9.17, 15) is 5.11 Å². The minimum atomic E-state index is -0.405. The molecule has 1 atom stereocenters. The first-order valence-corrected chi connectivity index (χ1v) is 8.92. The number of aromatic nitrogens is 2. The van der Waals surface area contributed by atoms with Gasteiger partial charge in [0.1, 0.15) is 0 Å². The van der Waals surface area contributed by atoms with E-state index in [1.165, 1.54) is 50.6 Å². The van der Waals surface area contributed by atoms with Crippen molar-refractivity contribution in [2.75, 3.05) is 0 Å². The molecule has 1 aromatic rings. The van der Waals surface area contributed by atoms with Crippen LogP contribution >= 0.6 is 0 Å². The van der Waals surface area contributed by atoms with Gasteiger partial charge >= 0.3 is 0 Å². The number of hydrogen-bond acceptors (Lipinski definition) is 2. The van der Waals surface area contributed by atoms with Crippen LogP contribution in [0.1, 0.15) is 95.7 Å². The molecule has 122 valence electrons. The van der Waals surface area contributed by atoms with Crippen LogP contribution in [-0.2, 0) is 19.4 Å². The zero-order valence-corrected chi connectivity index (χ0v) is 14.5. The predicted molar refractivity (Wildman–Crippen MR) is 89.6 cm³/mol. The molecule has 1 heterocycles. The summed E-state index contributed by atoms with van der Waals surface area (Å²) in [7, 11) is 0. The molecular weight excluding hydrogens is 260 g/mol. The predicted octanol–water partition coefficient (Wildman–Crippen LogP) is 4.81. The number of aliphatic hydroxyl groups is 1. The van der Waals surface area contributed by atoms with Crippen LogP contribution in [-0.4, -0.2) is 14.9 Å². The molecule has 1 N–H and O–H groups in total. The first-order valence-electron chi connectivity index (χ1n) is 8.92. The minimum absolute atomic E-state index is 0.405. The van der Waals surface area contributed by atoms with Gasteiger partial charge in [0, 0.05) is 17.8 Å². The molecule has 0 aromatic carbocycles. The summed E-state index contributed by atoms with van der Waals surface area (Å²) in [6.45, 7) is 9.38. The average Bonchev–Trinajstić information content (AvgIpc) is 2.84. The van der Waals surface area contributed by atoms with Gasteiger partial charge in [-0.15, -0.1) is 0 Å². The van der Waals surface area contributed by atoms with Crippen molar-refractivity contribution in [3.63, 3.8) is 0 Å². The third-order valence-corrected chi connectivity index (χ3v) is 4.24. The Kier molecular flexibility index (Phi) is 8.67. The molecule has 0 saturated heterocycles. The Morgan fingerprint density at radius 1 is 0.952 bits per heavy atom. The van der Waals surface area contributed by atoms with Crippen molar-refractivity contribution in [2.45, 2.75) is 98.1 Å². The van der Waals surface area contributed by atoms with Crippen LogP contribution < -0.4 is 0 Å². The highest BCUT2D eigenvalue weighted by molar-refractivity contribution is 5.28. The van der Waals surface area contributed by atoms with Crippen LogP contribution in [0.4, 0.5) is 0 Å². The normalized spacial score (nSPS) is 12.8. The molecule has 0 spiro atoms. The fourth-order valence-electron chi connectivity index (χ4n) is 3.09. The maximum absolute atomic E-state index is 10.00. The van der Waals surface area contributed by atoms with Gasteiger partial charge in [-0.25, -0.2) is 0 Å². The molecule has 0 amide bonds. The highest BCUT2D eigenvalue weighted by atomic mass is 16.3. The first-order chi connectivity index (χ1) is 10.2. The summed E-state index contributed by atoms with van der Waals surface area (Å²) in [5.41, 5.74) is 3.38. The third kappa shape index (κ3) is 5.46. The van der Waals surface area contributed by atoms with Gasteiger partial charge in [-0.3, -0.25) is 4.68 Å². The molecule has 0 radical (unpaired) electrons. The number of aryl methyl sites for hydroxylation is 2. The van der Waals surface area contributed by atoms with E-state index in [0.29, 0.717) is 0 Å². The summed E-state index contributed by atoms with van der Waals surface area (Å²) in [5.74, 6) is 0. The molecule has 1 unspecified atom stereocenters. The Hall–Kier alpha value is -0.830. The average molecular weight is 294 g/mol.